The van der Waals surface area contributed by atoms with Crippen LogP contribution in [0.4, 0.5) is 5.69 Å². The number of ether oxygens (including phenoxy) is 1. The van der Waals surface area contributed by atoms with Crippen LogP contribution in [0.15, 0.2) is 64.4 Å². The normalized spacial score (nSPS) is 16.7. The van der Waals surface area contributed by atoms with Gasteiger partial charge in [0.05, 0.1) is 12.1 Å². The monoisotopic (exact) mass is 530 g/mol. The van der Waals surface area contributed by atoms with Gasteiger partial charge in [0.25, 0.3) is 11.8 Å². The van der Waals surface area contributed by atoms with E-state index in [4.69, 9.17) is 14.1 Å². The number of anilines is 1. The SMILES string of the molecule is COc1ccc(N2CCN(C(=O)c3csc(C4CCN(C(=O)c5cc6ccccc6o5)CC4)n3)CC2)cc1. The third kappa shape index (κ3) is 4.86. The summed E-state index contributed by atoms with van der Waals surface area (Å²) in [6.07, 6.45) is 1.65. The van der Waals surface area contributed by atoms with Crippen LogP contribution in [-0.2, 0) is 0 Å². The number of rotatable bonds is 5. The fourth-order valence-electron chi connectivity index (χ4n) is 5.27. The topological polar surface area (TPSA) is 79.1 Å². The van der Waals surface area contributed by atoms with Crippen LogP contribution >= 0.6 is 11.3 Å². The van der Waals surface area contributed by atoms with E-state index in [1.165, 1.54) is 0 Å². The summed E-state index contributed by atoms with van der Waals surface area (Å²) >= 11 is 1.56. The number of hydrogen-bond acceptors (Lipinski definition) is 7. The number of methoxy groups -OCH3 is 1. The highest BCUT2D eigenvalue weighted by Gasteiger charge is 2.29. The first-order valence-corrected chi connectivity index (χ1v) is 13.9. The number of fused-ring (bicyclic) bond motifs is 1. The number of aromatic nitrogens is 1. The lowest BCUT2D eigenvalue weighted by molar-refractivity contribution is 0.0683. The fraction of sp³-hybridized carbons (Fsp3) is 0.345. The minimum atomic E-state index is -0.0663. The maximum atomic E-state index is 13.2. The number of nitrogens with zero attached hydrogens (tertiary/aromatic N) is 4. The van der Waals surface area contributed by atoms with E-state index in [-0.39, 0.29) is 17.7 Å². The third-order valence-electron chi connectivity index (χ3n) is 7.51. The number of piperazine rings is 1. The number of amides is 2. The number of likely N-dealkylation sites (tertiary alicyclic amines) is 1. The molecule has 0 aliphatic carbocycles. The van der Waals surface area contributed by atoms with Gasteiger partial charge >= 0.3 is 0 Å². The van der Waals surface area contributed by atoms with Crippen molar-refractivity contribution in [3.8, 4) is 5.75 Å². The first-order chi connectivity index (χ1) is 18.6. The summed E-state index contributed by atoms with van der Waals surface area (Å²) in [5.74, 6) is 1.42. The molecule has 2 saturated heterocycles. The Bertz CT molecular complexity index is 1400. The molecule has 196 valence electrons. The van der Waals surface area contributed by atoms with E-state index in [9.17, 15) is 9.59 Å². The quantitative estimate of drug-likeness (QED) is 0.366. The summed E-state index contributed by atoms with van der Waals surface area (Å²) in [4.78, 5) is 36.9. The minimum Gasteiger partial charge on any atom is -0.497 e. The molecule has 4 heterocycles. The molecule has 2 aromatic heterocycles. The minimum absolute atomic E-state index is 0.000574. The molecule has 0 N–H and O–H groups in total. The fourth-order valence-corrected chi connectivity index (χ4v) is 6.23. The maximum absolute atomic E-state index is 13.2. The van der Waals surface area contributed by atoms with Gasteiger partial charge in [-0.3, -0.25) is 9.59 Å². The van der Waals surface area contributed by atoms with E-state index in [0.717, 1.165) is 53.3 Å². The maximum Gasteiger partial charge on any atom is 0.289 e. The van der Waals surface area contributed by atoms with Crippen LogP contribution in [0.3, 0.4) is 0 Å². The average Bonchev–Trinajstić information content (AvgIpc) is 3.65. The Balaban J connectivity index is 1.02. The zero-order valence-electron chi connectivity index (χ0n) is 21.3. The lowest BCUT2D eigenvalue weighted by Crippen LogP contribution is -2.48. The van der Waals surface area contributed by atoms with E-state index in [1.807, 2.05) is 57.6 Å². The van der Waals surface area contributed by atoms with E-state index in [0.29, 0.717) is 37.6 Å². The largest absolute Gasteiger partial charge is 0.497 e. The summed E-state index contributed by atoms with van der Waals surface area (Å²) in [7, 11) is 1.66. The van der Waals surface area contributed by atoms with Gasteiger partial charge in [0, 0.05) is 61.6 Å². The molecule has 38 heavy (non-hydrogen) atoms. The van der Waals surface area contributed by atoms with Gasteiger partial charge < -0.3 is 23.9 Å². The number of carbonyl (C=O) groups is 2. The van der Waals surface area contributed by atoms with Crippen LogP contribution in [0.5, 0.6) is 5.75 Å². The Morgan fingerprint density at radius 3 is 2.34 bits per heavy atom. The van der Waals surface area contributed by atoms with Gasteiger partial charge in [0.1, 0.15) is 17.0 Å². The highest BCUT2D eigenvalue weighted by molar-refractivity contribution is 7.09. The molecule has 0 saturated carbocycles. The number of piperidine rings is 1. The number of thiazole rings is 1. The molecule has 8 nitrogen and oxygen atoms in total. The van der Waals surface area contributed by atoms with Crippen molar-refractivity contribution in [3.05, 3.63) is 76.4 Å². The molecule has 2 aliphatic rings. The van der Waals surface area contributed by atoms with Crippen molar-refractivity contribution in [3.63, 3.8) is 0 Å². The molecule has 2 aliphatic heterocycles. The molecule has 6 rings (SSSR count). The second-order valence-corrected chi connectivity index (χ2v) is 10.7. The summed E-state index contributed by atoms with van der Waals surface area (Å²) in [6.45, 7) is 4.20. The Hall–Kier alpha value is -3.85. The van der Waals surface area contributed by atoms with Crippen LogP contribution in [-0.4, -0.2) is 73.0 Å². The molecule has 2 aromatic carbocycles. The molecule has 0 atom stereocenters. The molecule has 0 unspecified atom stereocenters. The summed E-state index contributed by atoms with van der Waals surface area (Å²) in [6, 6.07) is 17.5. The molecule has 0 spiro atoms. The zero-order chi connectivity index (χ0) is 26.1. The van der Waals surface area contributed by atoms with Crippen molar-refractivity contribution < 1.29 is 18.7 Å². The van der Waals surface area contributed by atoms with Crippen molar-refractivity contribution in [1.29, 1.82) is 0 Å². The average molecular weight is 531 g/mol. The first kappa shape index (κ1) is 24.5. The van der Waals surface area contributed by atoms with Crippen molar-refractivity contribution in [2.45, 2.75) is 18.8 Å². The van der Waals surface area contributed by atoms with Gasteiger partial charge in [-0.25, -0.2) is 4.98 Å². The van der Waals surface area contributed by atoms with Crippen molar-refractivity contribution in [2.75, 3.05) is 51.3 Å². The van der Waals surface area contributed by atoms with Gasteiger partial charge in [-0.2, -0.15) is 0 Å². The van der Waals surface area contributed by atoms with E-state index in [1.54, 1.807) is 18.4 Å². The van der Waals surface area contributed by atoms with Gasteiger partial charge in [-0.1, -0.05) is 18.2 Å². The van der Waals surface area contributed by atoms with E-state index < -0.39 is 0 Å². The lowest BCUT2D eigenvalue weighted by Gasteiger charge is -2.35. The standard InChI is InChI=1S/C29H30N4O4S/c1-36-23-8-6-22(7-9-23)31-14-16-33(17-15-31)28(34)24-19-38-27(30-24)20-10-12-32(13-11-20)29(35)26-18-21-4-2-3-5-25(21)37-26/h2-9,18-20H,10-17H2,1H3. The summed E-state index contributed by atoms with van der Waals surface area (Å²) < 4.78 is 11.0. The Morgan fingerprint density at radius 2 is 1.63 bits per heavy atom. The van der Waals surface area contributed by atoms with E-state index >= 15 is 0 Å². The molecule has 0 bridgehead atoms. The third-order valence-corrected chi connectivity index (χ3v) is 8.52. The number of benzene rings is 2. The first-order valence-electron chi connectivity index (χ1n) is 13.0. The van der Waals surface area contributed by atoms with E-state index in [2.05, 4.69) is 17.0 Å². The zero-order valence-corrected chi connectivity index (χ0v) is 22.2. The smallest absolute Gasteiger partial charge is 0.289 e. The van der Waals surface area contributed by atoms with Gasteiger partial charge in [-0.05, 0) is 49.2 Å². The second-order valence-electron chi connectivity index (χ2n) is 9.76. The summed E-state index contributed by atoms with van der Waals surface area (Å²) in [5, 5.41) is 3.81. The predicted molar refractivity (Wildman–Crippen MR) is 147 cm³/mol. The van der Waals surface area contributed by atoms with Crippen LogP contribution in [0.25, 0.3) is 11.0 Å². The van der Waals surface area contributed by atoms with Crippen molar-refractivity contribution >= 4 is 39.8 Å². The number of furan rings is 1. The Kier molecular flexibility index (Phi) is 6.76. The molecular weight excluding hydrogens is 500 g/mol. The summed E-state index contributed by atoms with van der Waals surface area (Å²) in [5.41, 5.74) is 2.40. The van der Waals surface area contributed by atoms with Crippen molar-refractivity contribution in [2.24, 2.45) is 0 Å². The second kappa shape index (κ2) is 10.5. The molecule has 2 fully saturated rings. The number of carbonyl (C=O) groups excluding carboxylic acids is 2. The van der Waals surface area contributed by atoms with Crippen LogP contribution in [0.2, 0.25) is 0 Å². The predicted octanol–water partition coefficient (Wildman–Crippen LogP) is 4.88. The molecule has 0 radical (unpaired) electrons. The van der Waals surface area contributed by atoms with Gasteiger partial charge in [0.2, 0.25) is 0 Å². The van der Waals surface area contributed by atoms with Crippen LogP contribution < -0.4 is 9.64 Å². The molecule has 9 heteroatoms. The molecule has 4 aromatic rings. The highest BCUT2D eigenvalue weighted by Crippen LogP contribution is 2.32. The van der Waals surface area contributed by atoms with Gasteiger partial charge in [0.15, 0.2) is 5.76 Å². The highest BCUT2D eigenvalue weighted by atomic mass is 32.1. The Labute approximate surface area is 225 Å². The lowest BCUT2D eigenvalue weighted by atomic mass is 9.97. The number of para-hydroxylation sites is 1. The Morgan fingerprint density at radius 1 is 0.921 bits per heavy atom. The van der Waals surface area contributed by atoms with Crippen LogP contribution in [0, 0.1) is 0 Å². The van der Waals surface area contributed by atoms with Crippen molar-refractivity contribution in [1.82, 2.24) is 14.8 Å². The molecule has 2 amide bonds. The van der Waals surface area contributed by atoms with Gasteiger partial charge in [-0.15, -0.1) is 11.3 Å². The van der Waals surface area contributed by atoms with Crippen LogP contribution in [0.1, 0.15) is 44.8 Å². The number of hydrogen-bond donors (Lipinski definition) is 0. The molecular formula is C29H30N4O4S.